The third-order valence-electron chi connectivity index (χ3n) is 5.52. The van der Waals surface area contributed by atoms with Crippen LogP contribution in [0.3, 0.4) is 0 Å². The van der Waals surface area contributed by atoms with Gasteiger partial charge in [0.25, 0.3) is 0 Å². The van der Waals surface area contributed by atoms with Gasteiger partial charge in [-0.05, 0) is 42.7 Å². The zero-order chi connectivity index (χ0) is 23.1. The highest BCUT2D eigenvalue weighted by Gasteiger charge is 2.23. The average molecular weight is 480 g/mol. The van der Waals surface area contributed by atoms with Gasteiger partial charge in [0.15, 0.2) is 5.13 Å². The van der Waals surface area contributed by atoms with E-state index in [0.717, 1.165) is 43.9 Å². The van der Waals surface area contributed by atoms with Crippen LogP contribution in [-0.2, 0) is 13.0 Å². The number of pyridine rings is 1. The Balaban J connectivity index is 1.57. The first-order valence-corrected chi connectivity index (χ1v) is 11.6. The van der Waals surface area contributed by atoms with Gasteiger partial charge in [-0.15, -0.1) is 6.58 Å². The van der Waals surface area contributed by atoms with Crippen LogP contribution in [0.15, 0.2) is 37.1 Å². The van der Waals surface area contributed by atoms with Gasteiger partial charge in [0, 0.05) is 29.4 Å². The molecule has 0 fully saturated rings. The number of ether oxygens (including phenoxy) is 1. The minimum absolute atomic E-state index is 0.139. The number of benzene rings is 1. The van der Waals surface area contributed by atoms with Crippen molar-refractivity contribution in [2.45, 2.75) is 19.9 Å². The van der Waals surface area contributed by atoms with Crippen molar-refractivity contribution in [3.63, 3.8) is 0 Å². The largest absolute Gasteiger partial charge is 0.491 e. The molecule has 0 atom stereocenters. The second-order valence-corrected chi connectivity index (χ2v) is 9.19. The fourth-order valence-electron chi connectivity index (χ4n) is 4.10. The molecule has 0 amide bonds. The second-order valence-electron chi connectivity index (χ2n) is 7.82. The molecule has 0 saturated carbocycles. The number of aryl methyl sites for hydroxylation is 1. The highest BCUT2D eigenvalue weighted by molar-refractivity contribution is 7.21. The first kappa shape index (κ1) is 21.4. The molecular formula is C23H22ClN7OS. The molecule has 0 radical (unpaired) electrons. The molecule has 4 heterocycles. The van der Waals surface area contributed by atoms with Crippen molar-refractivity contribution < 1.29 is 4.74 Å². The van der Waals surface area contributed by atoms with Gasteiger partial charge < -0.3 is 21.1 Å². The van der Waals surface area contributed by atoms with Crippen molar-refractivity contribution in [3.8, 4) is 16.9 Å². The molecule has 33 heavy (non-hydrogen) atoms. The molecule has 5 rings (SSSR count). The molecular weight excluding hydrogens is 458 g/mol. The maximum Gasteiger partial charge on any atom is 0.223 e. The number of rotatable bonds is 4. The van der Waals surface area contributed by atoms with E-state index in [0.29, 0.717) is 42.2 Å². The van der Waals surface area contributed by atoms with Gasteiger partial charge in [0.2, 0.25) is 5.95 Å². The predicted molar refractivity (Wildman–Crippen MR) is 134 cm³/mol. The number of nitrogens with two attached hydrogens (primary N) is 2. The van der Waals surface area contributed by atoms with E-state index < -0.39 is 0 Å². The number of allylic oxidation sites excluding steroid dienone is 1. The first-order valence-electron chi connectivity index (χ1n) is 10.4. The van der Waals surface area contributed by atoms with Crippen LogP contribution >= 0.6 is 22.9 Å². The van der Waals surface area contributed by atoms with E-state index in [1.807, 2.05) is 19.2 Å². The Morgan fingerprint density at radius 1 is 1.21 bits per heavy atom. The van der Waals surface area contributed by atoms with Crippen molar-refractivity contribution >= 4 is 50.2 Å². The van der Waals surface area contributed by atoms with E-state index in [2.05, 4.69) is 43.5 Å². The van der Waals surface area contributed by atoms with Crippen molar-refractivity contribution in [3.05, 3.63) is 58.9 Å². The maximum atomic E-state index is 6.40. The number of fused-ring (bicyclic) bond motifs is 2. The zero-order valence-corrected chi connectivity index (χ0v) is 19.6. The summed E-state index contributed by atoms with van der Waals surface area (Å²) in [6.45, 7) is 7.60. The van der Waals surface area contributed by atoms with Gasteiger partial charge in [-0.3, -0.25) is 0 Å². The van der Waals surface area contributed by atoms with Crippen LogP contribution in [0, 0.1) is 6.92 Å². The smallest absolute Gasteiger partial charge is 0.223 e. The molecule has 4 N–H and O–H groups in total. The van der Waals surface area contributed by atoms with Crippen molar-refractivity contribution in [1.29, 1.82) is 0 Å². The Morgan fingerprint density at radius 2 is 2.06 bits per heavy atom. The molecule has 0 unspecified atom stereocenters. The van der Waals surface area contributed by atoms with Gasteiger partial charge in [0.1, 0.15) is 33.7 Å². The molecule has 10 heteroatoms. The number of nitrogen functional groups attached to an aromatic ring is 2. The summed E-state index contributed by atoms with van der Waals surface area (Å²) in [5.74, 6) is 1.72. The van der Waals surface area contributed by atoms with Crippen LogP contribution in [0.1, 0.15) is 16.7 Å². The quantitative estimate of drug-likeness (QED) is 0.326. The Bertz CT molecular complexity index is 1390. The maximum absolute atomic E-state index is 6.40. The summed E-state index contributed by atoms with van der Waals surface area (Å²) < 4.78 is 6.14. The minimum Gasteiger partial charge on any atom is -0.491 e. The predicted octanol–water partition coefficient (Wildman–Crippen LogP) is 4.40. The number of hydrogen-bond acceptors (Lipinski definition) is 9. The molecule has 8 nitrogen and oxygen atoms in total. The molecule has 1 aromatic carbocycles. The van der Waals surface area contributed by atoms with Crippen LogP contribution in [-0.4, -0.2) is 33.1 Å². The lowest BCUT2D eigenvalue weighted by molar-refractivity contribution is 0.329. The summed E-state index contributed by atoms with van der Waals surface area (Å²) in [6.07, 6.45) is 4.17. The number of nitrogens with zero attached hydrogens (tertiary/aromatic N) is 5. The lowest BCUT2D eigenvalue weighted by Crippen LogP contribution is -2.28. The summed E-state index contributed by atoms with van der Waals surface area (Å²) in [4.78, 5) is 20.5. The van der Waals surface area contributed by atoms with Crippen LogP contribution in [0.2, 0.25) is 5.15 Å². The Kier molecular flexibility index (Phi) is 5.51. The molecule has 1 aliphatic heterocycles. The van der Waals surface area contributed by atoms with Crippen LogP contribution in [0.25, 0.3) is 21.5 Å². The zero-order valence-electron chi connectivity index (χ0n) is 18.0. The third-order valence-corrected chi connectivity index (χ3v) is 6.64. The van der Waals surface area contributed by atoms with E-state index in [-0.39, 0.29) is 5.95 Å². The first-order chi connectivity index (χ1) is 15.9. The van der Waals surface area contributed by atoms with E-state index in [1.165, 1.54) is 11.3 Å². The lowest BCUT2D eigenvalue weighted by atomic mass is 9.99. The number of aromatic nitrogens is 4. The van der Waals surface area contributed by atoms with E-state index >= 15 is 0 Å². The molecule has 0 spiro atoms. The molecule has 3 aromatic heterocycles. The molecule has 0 saturated heterocycles. The van der Waals surface area contributed by atoms with Crippen molar-refractivity contribution in [2.24, 2.45) is 0 Å². The normalized spacial score (nSPS) is 13.5. The number of anilines is 3. The van der Waals surface area contributed by atoms with Gasteiger partial charge in [0.05, 0.1) is 6.54 Å². The summed E-state index contributed by atoms with van der Waals surface area (Å²) in [5.41, 5.74) is 17.5. The van der Waals surface area contributed by atoms with E-state index in [9.17, 15) is 0 Å². The molecule has 0 aliphatic carbocycles. The number of thiazole rings is 1. The van der Waals surface area contributed by atoms with Gasteiger partial charge >= 0.3 is 0 Å². The summed E-state index contributed by atoms with van der Waals surface area (Å²) in [6, 6.07) is 6.24. The third kappa shape index (κ3) is 4.05. The topological polar surface area (TPSA) is 116 Å². The fraction of sp³-hybridized carbons (Fsp3) is 0.217. The fourth-order valence-corrected chi connectivity index (χ4v) is 5.01. The van der Waals surface area contributed by atoms with Crippen molar-refractivity contribution in [1.82, 2.24) is 19.9 Å². The van der Waals surface area contributed by atoms with Gasteiger partial charge in [-0.2, -0.15) is 4.98 Å². The van der Waals surface area contributed by atoms with Crippen molar-refractivity contribution in [2.75, 3.05) is 29.5 Å². The Morgan fingerprint density at radius 3 is 2.88 bits per heavy atom. The highest BCUT2D eigenvalue weighted by atomic mass is 35.5. The van der Waals surface area contributed by atoms with Crippen LogP contribution in [0.5, 0.6) is 5.75 Å². The van der Waals surface area contributed by atoms with Crippen LogP contribution in [0.4, 0.5) is 16.9 Å². The van der Waals surface area contributed by atoms with E-state index in [1.54, 1.807) is 6.08 Å². The second kappa shape index (κ2) is 8.49. The SMILES string of the molecule is C=CCc1c(Cl)nc(N)nc1N1CCOc2c(C)cc(-c3cnc4sc(N)nc4c3)cc2C1. The Hall–Kier alpha value is -3.43. The average Bonchev–Trinajstić information content (AvgIpc) is 3.01. The highest BCUT2D eigenvalue weighted by Crippen LogP contribution is 2.36. The number of halogens is 1. The van der Waals surface area contributed by atoms with E-state index in [4.69, 9.17) is 27.8 Å². The standard InChI is InChI=1S/C23H22ClN7OS/c1-3-4-16-19(24)29-22(25)30-20(16)31-5-6-32-18-12(2)7-13(8-15(18)11-31)14-9-17-21(27-10-14)33-23(26)28-17/h3,7-10H,1,4-6,11H2,2H3,(H2,26,28)(H2,25,29,30). The molecule has 0 bridgehead atoms. The Labute approximate surface area is 199 Å². The monoisotopic (exact) mass is 479 g/mol. The minimum atomic E-state index is 0.139. The molecule has 1 aliphatic rings. The number of hydrogen-bond donors (Lipinski definition) is 2. The van der Waals surface area contributed by atoms with Crippen LogP contribution < -0.4 is 21.1 Å². The summed E-state index contributed by atoms with van der Waals surface area (Å²) in [5, 5.41) is 0.851. The summed E-state index contributed by atoms with van der Waals surface area (Å²) in [7, 11) is 0. The molecule has 168 valence electrons. The van der Waals surface area contributed by atoms with Gasteiger partial charge in [-0.1, -0.05) is 29.0 Å². The summed E-state index contributed by atoms with van der Waals surface area (Å²) >= 11 is 7.77. The van der Waals surface area contributed by atoms with Gasteiger partial charge in [-0.25, -0.2) is 15.0 Å². The lowest BCUT2D eigenvalue weighted by Gasteiger charge is -2.24. The molecule has 4 aromatic rings.